The van der Waals surface area contributed by atoms with Gasteiger partial charge in [-0.1, -0.05) is 0 Å². The van der Waals surface area contributed by atoms with Gasteiger partial charge in [0.05, 0.1) is 0 Å². The van der Waals surface area contributed by atoms with Gasteiger partial charge in [-0.05, 0) is 33.0 Å². The Morgan fingerprint density at radius 1 is 1.30 bits per heavy atom. The second-order valence-electron chi connectivity index (χ2n) is 6.24. The molecule has 132 valence electrons. The molecule has 2 rings (SSSR count). The Hall–Kier alpha value is -1.08. The summed E-state index contributed by atoms with van der Waals surface area (Å²) in [6, 6.07) is 3.59. The Bertz CT molecular complexity index is 504. The van der Waals surface area contributed by atoms with E-state index >= 15 is 0 Å². The summed E-state index contributed by atoms with van der Waals surface area (Å²) in [5.41, 5.74) is 5.87. The summed E-state index contributed by atoms with van der Waals surface area (Å²) < 4.78 is 0. The van der Waals surface area contributed by atoms with Crippen LogP contribution in [0, 0.1) is 0 Å². The van der Waals surface area contributed by atoms with E-state index in [2.05, 4.69) is 27.1 Å². The number of carbonyl (C=O) groups is 1. The smallest absolute Gasteiger partial charge is 0.251 e. The van der Waals surface area contributed by atoms with E-state index in [1.165, 1.54) is 0 Å². The first kappa shape index (κ1) is 21.9. The van der Waals surface area contributed by atoms with Crippen molar-refractivity contribution in [3.05, 3.63) is 23.9 Å². The average molecular weight is 364 g/mol. The molecule has 0 bridgehead atoms. The molecule has 1 aromatic rings. The van der Waals surface area contributed by atoms with Gasteiger partial charge in [-0.25, -0.2) is 4.98 Å². The number of nitrogens with zero attached hydrogens (tertiary/aromatic N) is 3. The molecule has 0 radical (unpaired) electrons. The number of likely N-dealkylation sites (N-methyl/N-ethyl adjacent to an activating group) is 1. The van der Waals surface area contributed by atoms with Crippen molar-refractivity contribution in [2.45, 2.75) is 19.4 Å². The lowest BCUT2D eigenvalue weighted by Gasteiger charge is -2.33. The third-order valence-electron chi connectivity index (χ3n) is 3.80. The number of anilines is 1. The van der Waals surface area contributed by atoms with Gasteiger partial charge in [0.15, 0.2) is 0 Å². The Kier molecular flexibility index (Phi) is 8.84. The lowest BCUT2D eigenvalue weighted by atomic mass is 10.1. The van der Waals surface area contributed by atoms with E-state index in [9.17, 15) is 4.79 Å². The predicted molar refractivity (Wildman–Crippen MR) is 99.0 cm³/mol. The minimum atomic E-state index is -0.408. The molecular formula is C15H27Cl2N5O. The average Bonchev–Trinajstić information content (AvgIpc) is 2.48. The van der Waals surface area contributed by atoms with Gasteiger partial charge in [0.1, 0.15) is 5.82 Å². The monoisotopic (exact) mass is 363 g/mol. The molecule has 8 heteroatoms. The lowest BCUT2D eigenvalue weighted by Crippen LogP contribution is -2.49. The molecule has 0 aliphatic carbocycles. The van der Waals surface area contributed by atoms with Crippen LogP contribution in [-0.4, -0.2) is 61.1 Å². The van der Waals surface area contributed by atoms with Crippen LogP contribution in [0.1, 0.15) is 24.2 Å². The Morgan fingerprint density at radius 3 is 2.48 bits per heavy atom. The predicted octanol–water partition coefficient (Wildman–Crippen LogP) is 1.14. The van der Waals surface area contributed by atoms with Crippen LogP contribution in [0.25, 0.3) is 0 Å². The summed E-state index contributed by atoms with van der Waals surface area (Å²) in [4.78, 5) is 21.2. The second kappa shape index (κ2) is 9.27. The summed E-state index contributed by atoms with van der Waals surface area (Å²) in [7, 11) is 2.11. The number of aromatic nitrogens is 1. The molecule has 0 atom stereocenters. The number of hydrogen-bond acceptors (Lipinski definition) is 5. The van der Waals surface area contributed by atoms with Crippen LogP contribution < -0.4 is 16.0 Å². The molecule has 6 nitrogen and oxygen atoms in total. The molecule has 1 aromatic heterocycles. The summed E-state index contributed by atoms with van der Waals surface area (Å²) in [5.74, 6) is 0.754. The number of nitrogens with two attached hydrogens (primary N) is 1. The van der Waals surface area contributed by atoms with Crippen molar-refractivity contribution >= 4 is 36.5 Å². The minimum Gasteiger partial charge on any atom is -0.354 e. The molecular weight excluding hydrogens is 337 g/mol. The van der Waals surface area contributed by atoms with Crippen LogP contribution in [0.4, 0.5) is 5.82 Å². The molecule has 3 N–H and O–H groups in total. The van der Waals surface area contributed by atoms with E-state index in [-0.39, 0.29) is 30.7 Å². The highest BCUT2D eigenvalue weighted by atomic mass is 35.5. The van der Waals surface area contributed by atoms with E-state index in [0.717, 1.165) is 32.0 Å². The molecule has 0 unspecified atom stereocenters. The highest BCUT2D eigenvalue weighted by Gasteiger charge is 2.21. The third-order valence-corrected chi connectivity index (χ3v) is 3.80. The normalized spacial score (nSPS) is 15.4. The van der Waals surface area contributed by atoms with Gasteiger partial charge in [-0.15, -0.1) is 24.8 Å². The maximum Gasteiger partial charge on any atom is 0.251 e. The maximum atomic E-state index is 12.3. The van der Waals surface area contributed by atoms with Crippen molar-refractivity contribution in [1.82, 2.24) is 15.2 Å². The van der Waals surface area contributed by atoms with Crippen molar-refractivity contribution in [3.63, 3.8) is 0 Å². The van der Waals surface area contributed by atoms with Crippen molar-refractivity contribution < 1.29 is 4.79 Å². The first-order valence-electron chi connectivity index (χ1n) is 7.33. The lowest BCUT2D eigenvalue weighted by molar-refractivity contribution is 0.0915. The largest absolute Gasteiger partial charge is 0.354 e. The molecule has 23 heavy (non-hydrogen) atoms. The molecule has 1 fully saturated rings. The standard InChI is InChI=1S/C15H25N5O.2ClH/c1-15(2,11-16)18-14(21)12-4-5-17-13(10-12)20-8-6-19(3)7-9-20;;/h4-5,10H,6-9,11,16H2,1-3H3,(H,18,21);2*1H. The number of nitrogens with one attached hydrogen (secondary N) is 1. The van der Waals surface area contributed by atoms with E-state index in [0.29, 0.717) is 12.1 Å². The van der Waals surface area contributed by atoms with Crippen molar-refractivity contribution in [1.29, 1.82) is 0 Å². The molecule has 1 amide bonds. The fraction of sp³-hybridized carbons (Fsp3) is 0.600. The fourth-order valence-electron chi connectivity index (χ4n) is 2.20. The number of pyridine rings is 1. The molecule has 0 aromatic carbocycles. The zero-order chi connectivity index (χ0) is 15.5. The summed E-state index contributed by atoms with van der Waals surface area (Å²) in [5, 5.41) is 2.94. The number of halogens is 2. The number of rotatable bonds is 4. The van der Waals surface area contributed by atoms with E-state index in [4.69, 9.17) is 5.73 Å². The first-order chi connectivity index (χ1) is 9.91. The molecule has 2 heterocycles. The summed E-state index contributed by atoms with van der Waals surface area (Å²) in [6.45, 7) is 8.11. The molecule has 1 aliphatic rings. The van der Waals surface area contributed by atoms with Crippen LogP contribution in [-0.2, 0) is 0 Å². The van der Waals surface area contributed by atoms with Crippen LogP contribution in [0.3, 0.4) is 0 Å². The zero-order valence-electron chi connectivity index (χ0n) is 13.9. The number of piperazine rings is 1. The number of hydrogen-bond donors (Lipinski definition) is 2. The number of amides is 1. The third kappa shape index (κ3) is 6.14. The van der Waals surface area contributed by atoms with Gasteiger partial charge in [0.25, 0.3) is 5.91 Å². The van der Waals surface area contributed by atoms with E-state index in [1.807, 2.05) is 19.9 Å². The fourth-order valence-corrected chi connectivity index (χ4v) is 2.20. The van der Waals surface area contributed by atoms with E-state index in [1.54, 1.807) is 12.3 Å². The van der Waals surface area contributed by atoms with Gasteiger partial charge >= 0.3 is 0 Å². The maximum absolute atomic E-state index is 12.3. The number of carbonyl (C=O) groups excluding carboxylic acids is 1. The van der Waals surface area contributed by atoms with Gasteiger partial charge in [-0.2, -0.15) is 0 Å². The van der Waals surface area contributed by atoms with Crippen molar-refractivity contribution in [3.8, 4) is 0 Å². The summed E-state index contributed by atoms with van der Waals surface area (Å²) >= 11 is 0. The zero-order valence-corrected chi connectivity index (χ0v) is 15.5. The Balaban J connectivity index is 0.00000242. The van der Waals surface area contributed by atoms with Gasteiger partial charge < -0.3 is 20.9 Å². The summed E-state index contributed by atoms with van der Waals surface area (Å²) in [6.07, 6.45) is 1.69. The van der Waals surface area contributed by atoms with Crippen molar-refractivity contribution in [2.75, 3.05) is 44.7 Å². The van der Waals surface area contributed by atoms with Crippen LogP contribution in [0.15, 0.2) is 18.3 Å². The molecule has 1 aliphatic heterocycles. The second-order valence-corrected chi connectivity index (χ2v) is 6.24. The van der Waals surface area contributed by atoms with E-state index < -0.39 is 5.54 Å². The molecule has 0 spiro atoms. The van der Waals surface area contributed by atoms with Crippen LogP contribution >= 0.6 is 24.8 Å². The van der Waals surface area contributed by atoms with Crippen molar-refractivity contribution in [2.24, 2.45) is 5.73 Å². The Morgan fingerprint density at radius 2 is 1.91 bits per heavy atom. The SMILES string of the molecule is CN1CCN(c2cc(C(=O)NC(C)(C)CN)ccn2)CC1.Cl.Cl. The highest BCUT2D eigenvalue weighted by molar-refractivity contribution is 5.95. The van der Waals surface area contributed by atoms with Gasteiger partial charge in [-0.3, -0.25) is 4.79 Å². The minimum absolute atomic E-state index is 0. The molecule has 0 saturated carbocycles. The van der Waals surface area contributed by atoms with Crippen LogP contribution in [0.2, 0.25) is 0 Å². The Labute approximate surface area is 150 Å². The quantitative estimate of drug-likeness (QED) is 0.838. The van der Waals surface area contributed by atoms with Gasteiger partial charge in [0.2, 0.25) is 0 Å². The van der Waals surface area contributed by atoms with Gasteiger partial charge in [0, 0.05) is 50.0 Å². The highest BCUT2D eigenvalue weighted by Crippen LogP contribution is 2.15. The topological polar surface area (TPSA) is 74.5 Å². The molecule has 1 saturated heterocycles. The van der Waals surface area contributed by atoms with Crippen LogP contribution in [0.5, 0.6) is 0 Å². The first-order valence-corrected chi connectivity index (χ1v) is 7.33.